The predicted octanol–water partition coefficient (Wildman–Crippen LogP) is 3.06. The fourth-order valence-corrected chi connectivity index (χ4v) is 2.87. The molecule has 1 amide bonds. The Bertz CT molecular complexity index is 692. The van der Waals surface area contributed by atoms with Gasteiger partial charge in [-0.25, -0.2) is 4.39 Å². The van der Waals surface area contributed by atoms with Crippen LogP contribution in [0.3, 0.4) is 0 Å². The number of hydrogen-bond donors (Lipinski definition) is 3. The lowest BCUT2D eigenvalue weighted by Gasteiger charge is -2.16. The highest BCUT2D eigenvalue weighted by molar-refractivity contribution is 5.80. The molecule has 0 spiro atoms. The first-order chi connectivity index (χ1) is 14.0. The van der Waals surface area contributed by atoms with Gasteiger partial charge in [-0.1, -0.05) is 18.2 Å². The summed E-state index contributed by atoms with van der Waals surface area (Å²) in [5.74, 6) is 0.134. The minimum Gasteiger partial charge on any atom is -0.490 e. The first-order valence-electron chi connectivity index (χ1n) is 10.3. The fraction of sp³-hybridized carbons (Fsp3) is 0.545. The summed E-state index contributed by atoms with van der Waals surface area (Å²) in [6.45, 7) is 3.28. The van der Waals surface area contributed by atoms with Crippen LogP contribution in [-0.2, 0) is 9.59 Å². The Labute approximate surface area is 172 Å². The molecule has 1 aliphatic rings. The molecule has 1 aromatic carbocycles. The van der Waals surface area contributed by atoms with Gasteiger partial charge in [-0.15, -0.1) is 0 Å². The highest BCUT2D eigenvalue weighted by Crippen LogP contribution is 2.31. The molecule has 3 N–H and O–H groups in total. The van der Waals surface area contributed by atoms with Crippen molar-refractivity contribution >= 4 is 12.2 Å². The van der Waals surface area contributed by atoms with E-state index in [0.717, 1.165) is 18.3 Å². The van der Waals surface area contributed by atoms with Gasteiger partial charge in [-0.05, 0) is 56.2 Å². The van der Waals surface area contributed by atoms with E-state index >= 15 is 0 Å². The average Bonchev–Trinajstić information content (AvgIpc) is 3.55. The molecule has 6 nitrogen and oxygen atoms in total. The third-order valence-electron chi connectivity index (χ3n) is 4.97. The highest BCUT2D eigenvalue weighted by atomic mass is 19.1. The van der Waals surface area contributed by atoms with E-state index in [1.807, 2.05) is 19.1 Å². The summed E-state index contributed by atoms with van der Waals surface area (Å²) >= 11 is 0. The van der Waals surface area contributed by atoms with E-state index in [-0.39, 0.29) is 30.1 Å². The van der Waals surface area contributed by atoms with Gasteiger partial charge in [0.15, 0.2) is 11.6 Å². The number of hydrogen-bond acceptors (Lipinski definition) is 5. The summed E-state index contributed by atoms with van der Waals surface area (Å²) in [6, 6.07) is 4.95. The number of aldehydes is 1. The Kier molecular flexibility index (Phi) is 9.80. The van der Waals surface area contributed by atoms with Gasteiger partial charge in [0.25, 0.3) is 0 Å². The second-order valence-electron chi connectivity index (χ2n) is 7.45. The van der Waals surface area contributed by atoms with Crippen LogP contribution in [-0.4, -0.2) is 32.4 Å². The van der Waals surface area contributed by atoms with E-state index in [2.05, 4.69) is 16.2 Å². The zero-order chi connectivity index (χ0) is 21.1. The van der Waals surface area contributed by atoms with Crippen molar-refractivity contribution < 1.29 is 18.7 Å². The average molecular weight is 406 g/mol. The number of nitrogens with one attached hydrogen (secondary N) is 3. The minimum absolute atomic E-state index is 0.00641. The molecule has 0 saturated heterocycles. The van der Waals surface area contributed by atoms with Crippen LogP contribution >= 0.6 is 0 Å². The smallest absolute Gasteiger partial charge is 0.223 e. The second kappa shape index (κ2) is 12.3. The molecule has 1 fully saturated rings. The zero-order valence-corrected chi connectivity index (χ0v) is 17.2. The van der Waals surface area contributed by atoms with Gasteiger partial charge in [0.2, 0.25) is 5.91 Å². The lowest BCUT2D eigenvalue weighted by molar-refractivity contribution is -0.126. The van der Waals surface area contributed by atoms with Crippen LogP contribution in [0.15, 0.2) is 30.4 Å². The number of amides is 1. The largest absolute Gasteiger partial charge is 0.490 e. The van der Waals surface area contributed by atoms with Crippen molar-refractivity contribution in [3.63, 3.8) is 0 Å². The van der Waals surface area contributed by atoms with Gasteiger partial charge in [0.05, 0.1) is 6.61 Å². The summed E-state index contributed by atoms with van der Waals surface area (Å²) < 4.78 is 19.5. The maximum absolute atomic E-state index is 13.9. The number of ether oxygens (including phenoxy) is 1. The number of carbonyl (C=O) groups is 2. The van der Waals surface area contributed by atoms with E-state index in [9.17, 15) is 14.0 Å². The Morgan fingerprint density at radius 1 is 1.31 bits per heavy atom. The molecule has 0 heterocycles. The van der Waals surface area contributed by atoms with E-state index in [4.69, 9.17) is 4.74 Å². The molecular formula is C22H32FN3O3. The summed E-state index contributed by atoms with van der Waals surface area (Å²) in [5.41, 5.74) is 7.30. The van der Waals surface area contributed by atoms with Gasteiger partial charge in [0.1, 0.15) is 6.29 Å². The third-order valence-corrected chi connectivity index (χ3v) is 4.97. The van der Waals surface area contributed by atoms with E-state index < -0.39 is 0 Å². The monoisotopic (exact) mass is 405 g/mol. The van der Waals surface area contributed by atoms with E-state index in [0.29, 0.717) is 31.2 Å². The molecule has 2 atom stereocenters. The first-order valence-corrected chi connectivity index (χ1v) is 10.3. The Morgan fingerprint density at radius 3 is 2.79 bits per heavy atom. The molecule has 1 aliphatic carbocycles. The summed E-state index contributed by atoms with van der Waals surface area (Å²) in [7, 11) is 1.57. The predicted molar refractivity (Wildman–Crippen MR) is 111 cm³/mol. The van der Waals surface area contributed by atoms with Crippen LogP contribution in [0, 0.1) is 17.7 Å². The number of rotatable bonds is 14. The van der Waals surface area contributed by atoms with Crippen LogP contribution in [0.2, 0.25) is 0 Å². The summed E-state index contributed by atoms with van der Waals surface area (Å²) in [4.78, 5) is 22.3. The van der Waals surface area contributed by atoms with Crippen LogP contribution in [0.1, 0.15) is 50.6 Å². The topological polar surface area (TPSA) is 79.5 Å². The van der Waals surface area contributed by atoms with Crippen LogP contribution in [0.25, 0.3) is 0 Å². The zero-order valence-electron chi connectivity index (χ0n) is 17.2. The molecular weight excluding hydrogens is 373 g/mol. The molecule has 160 valence electrons. The van der Waals surface area contributed by atoms with Gasteiger partial charge >= 0.3 is 0 Å². The number of benzene rings is 1. The Morgan fingerprint density at radius 2 is 2.10 bits per heavy atom. The molecule has 0 aromatic heterocycles. The third kappa shape index (κ3) is 8.33. The van der Waals surface area contributed by atoms with Gasteiger partial charge < -0.3 is 14.8 Å². The van der Waals surface area contributed by atoms with Crippen LogP contribution in [0.4, 0.5) is 4.39 Å². The molecule has 1 saturated carbocycles. The molecule has 2 unspecified atom stereocenters. The lowest BCUT2D eigenvalue weighted by Crippen LogP contribution is -2.34. The van der Waals surface area contributed by atoms with Crippen molar-refractivity contribution in [3.8, 4) is 5.75 Å². The first kappa shape index (κ1) is 23.0. The lowest BCUT2D eigenvalue weighted by atomic mass is 10.0. The number of allylic oxidation sites excluding steroid dienone is 1. The van der Waals surface area contributed by atoms with Crippen molar-refractivity contribution in [2.75, 3.05) is 20.2 Å². The molecule has 7 heteroatoms. The van der Waals surface area contributed by atoms with Crippen molar-refractivity contribution in [2.24, 2.45) is 11.8 Å². The van der Waals surface area contributed by atoms with Gasteiger partial charge in [-0.3, -0.25) is 15.6 Å². The quantitative estimate of drug-likeness (QED) is 0.192. The summed E-state index contributed by atoms with van der Waals surface area (Å²) in [6.07, 6.45) is 8.58. The van der Waals surface area contributed by atoms with Gasteiger partial charge in [0, 0.05) is 32.0 Å². The molecule has 2 rings (SSSR count). The van der Waals surface area contributed by atoms with Crippen molar-refractivity contribution in [1.82, 2.24) is 16.2 Å². The number of hydrazine groups is 1. The summed E-state index contributed by atoms with van der Waals surface area (Å²) in [5, 5.41) is 2.58. The number of carbonyl (C=O) groups excluding carboxylic acids is 2. The standard InChI is InChI=1S/C22H32FN3O3/c1-16(19-9-10-20(23)21(14-19)29-15-17-7-8-17)26-25-12-5-3-4-6-18(11-13-27)22(28)24-2/h3-4,9-10,13-14,16-18,25-26H,5-8,11-12,15H2,1-2H3,(H,24,28)/b4-3+. The maximum Gasteiger partial charge on any atom is 0.223 e. The van der Waals surface area contributed by atoms with Gasteiger partial charge in [-0.2, -0.15) is 0 Å². The second-order valence-corrected chi connectivity index (χ2v) is 7.45. The van der Waals surface area contributed by atoms with E-state index in [1.54, 1.807) is 19.2 Å². The fourth-order valence-electron chi connectivity index (χ4n) is 2.87. The molecule has 0 bridgehead atoms. The van der Waals surface area contributed by atoms with Crippen molar-refractivity contribution in [3.05, 3.63) is 41.7 Å². The molecule has 29 heavy (non-hydrogen) atoms. The molecule has 1 aromatic rings. The molecule has 0 aliphatic heterocycles. The Balaban J connectivity index is 1.68. The molecule has 0 radical (unpaired) electrons. The van der Waals surface area contributed by atoms with Crippen LogP contribution < -0.4 is 20.9 Å². The maximum atomic E-state index is 13.9. The van der Waals surface area contributed by atoms with E-state index in [1.165, 1.54) is 18.9 Å². The normalized spacial score (nSPS) is 15.8. The SMILES string of the molecule is CNC(=O)C(CC=O)C/C=C/CCNNC(C)c1ccc(F)c(OCC2CC2)c1. The van der Waals surface area contributed by atoms with Crippen molar-refractivity contribution in [1.29, 1.82) is 0 Å². The minimum atomic E-state index is -0.329. The van der Waals surface area contributed by atoms with Crippen LogP contribution in [0.5, 0.6) is 5.75 Å². The van der Waals surface area contributed by atoms with Crippen molar-refractivity contribution in [2.45, 2.75) is 45.1 Å². The number of halogens is 1. The Hall–Kier alpha value is -2.25. The highest BCUT2D eigenvalue weighted by Gasteiger charge is 2.22.